The number of benzene rings is 2. The Bertz CT molecular complexity index is 589. The van der Waals surface area contributed by atoms with Crippen molar-refractivity contribution in [2.45, 2.75) is 18.9 Å². The number of hydrogen-bond acceptors (Lipinski definition) is 3. The molecule has 112 valence electrons. The maximum Gasteiger partial charge on any atom is 0.126 e. The zero-order chi connectivity index (χ0) is 15.2. The molecule has 0 aliphatic heterocycles. The number of ether oxygens (including phenoxy) is 1. The van der Waals surface area contributed by atoms with E-state index in [1.807, 2.05) is 19.1 Å². The molecule has 0 bridgehead atoms. The quantitative estimate of drug-likeness (QED) is 0.859. The van der Waals surface area contributed by atoms with Crippen molar-refractivity contribution in [1.82, 2.24) is 0 Å². The second kappa shape index (κ2) is 7.20. The van der Waals surface area contributed by atoms with E-state index in [0.717, 1.165) is 0 Å². The number of nitrogens with two attached hydrogens (primary N) is 1. The van der Waals surface area contributed by atoms with Crippen molar-refractivity contribution in [3.8, 4) is 5.75 Å². The van der Waals surface area contributed by atoms with E-state index >= 15 is 0 Å². The highest BCUT2D eigenvalue weighted by Crippen LogP contribution is 2.36. The van der Waals surface area contributed by atoms with Gasteiger partial charge in [0.15, 0.2) is 0 Å². The van der Waals surface area contributed by atoms with Crippen LogP contribution in [0.5, 0.6) is 5.75 Å². The highest BCUT2D eigenvalue weighted by molar-refractivity contribution is 5.38. The predicted octanol–water partition coefficient (Wildman–Crippen LogP) is 3.00. The van der Waals surface area contributed by atoms with Gasteiger partial charge in [0.1, 0.15) is 11.6 Å². The Morgan fingerprint density at radius 1 is 1.10 bits per heavy atom. The van der Waals surface area contributed by atoms with Gasteiger partial charge in [0.05, 0.1) is 12.7 Å². The summed E-state index contributed by atoms with van der Waals surface area (Å²) in [6.07, 6.45) is -0.922. The summed E-state index contributed by atoms with van der Waals surface area (Å²) in [5, 5.41) is 10.6. The second-order valence-corrected chi connectivity index (χ2v) is 4.78. The molecule has 0 saturated heterocycles. The molecule has 2 aromatic rings. The van der Waals surface area contributed by atoms with Gasteiger partial charge in [-0.3, -0.25) is 0 Å². The van der Waals surface area contributed by atoms with Crippen LogP contribution in [0.15, 0.2) is 48.5 Å². The molecule has 2 atom stereocenters. The highest BCUT2D eigenvalue weighted by atomic mass is 19.1. The monoisotopic (exact) mass is 289 g/mol. The number of hydrogen-bond donors (Lipinski definition) is 2. The van der Waals surface area contributed by atoms with Gasteiger partial charge in [-0.05, 0) is 24.6 Å². The average molecular weight is 289 g/mol. The van der Waals surface area contributed by atoms with Crippen molar-refractivity contribution in [3.05, 3.63) is 65.5 Å². The van der Waals surface area contributed by atoms with Gasteiger partial charge in [-0.15, -0.1) is 0 Å². The molecule has 4 heteroatoms. The van der Waals surface area contributed by atoms with Crippen LogP contribution in [0.2, 0.25) is 0 Å². The third kappa shape index (κ3) is 3.40. The SMILES string of the molecule is CCOc1ccccc1C(O)C(CN)c1ccccc1F. The second-order valence-electron chi connectivity index (χ2n) is 4.78. The van der Waals surface area contributed by atoms with Crippen LogP contribution in [-0.2, 0) is 0 Å². The van der Waals surface area contributed by atoms with Crippen molar-refractivity contribution >= 4 is 0 Å². The first-order chi connectivity index (χ1) is 10.2. The maximum atomic E-state index is 14.0. The summed E-state index contributed by atoms with van der Waals surface area (Å²) >= 11 is 0. The van der Waals surface area contributed by atoms with Crippen LogP contribution in [0.4, 0.5) is 4.39 Å². The minimum atomic E-state index is -0.922. The van der Waals surface area contributed by atoms with Crippen molar-refractivity contribution in [2.75, 3.05) is 13.2 Å². The summed E-state index contributed by atoms with van der Waals surface area (Å²) in [7, 11) is 0. The Morgan fingerprint density at radius 3 is 2.33 bits per heavy atom. The number of halogens is 1. The van der Waals surface area contributed by atoms with Crippen molar-refractivity contribution < 1.29 is 14.2 Å². The van der Waals surface area contributed by atoms with Crippen LogP contribution in [-0.4, -0.2) is 18.3 Å². The van der Waals surface area contributed by atoms with E-state index in [9.17, 15) is 9.50 Å². The summed E-state index contributed by atoms with van der Waals surface area (Å²) in [5.74, 6) is -0.281. The number of rotatable bonds is 6. The molecule has 0 amide bonds. The van der Waals surface area contributed by atoms with Crippen LogP contribution in [0.25, 0.3) is 0 Å². The average Bonchev–Trinajstić information content (AvgIpc) is 2.50. The smallest absolute Gasteiger partial charge is 0.126 e. The molecule has 0 saturated carbocycles. The predicted molar refractivity (Wildman–Crippen MR) is 80.8 cm³/mol. The van der Waals surface area contributed by atoms with E-state index in [0.29, 0.717) is 23.5 Å². The van der Waals surface area contributed by atoms with E-state index in [-0.39, 0.29) is 12.4 Å². The maximum absolute atomic E-state index is 14.0. The fourth-order valence-corrected chi connectivity index (χ4v) is 2.43. The molecule has 0 aliphatic carbocycles. The van der Waals surface area contributed by atoms with E-state index < -0.39 is 12.0 Å². The Balaban J connectivity index is 2.37. The summed E-state index contributed by atoms with van der Waals surface area (Å²) in [6.45, 7) is 2.51. The molecular formula is C17H20FNO2. The van der Waals surface area contributed by atoms with Crippen molar-refractivity contribution in [1.29, 1.82) is 0 Å². The first-order valence-corrected chi connectivity index (χ1v) is 7.03. The lowest BCUT2D eigenvalue weighted by Gasteiger charge is -2.24. The lowest BCUT2D eigenvalue weighted by Crippen LogP contribution is -2.21. The van der Waals surface area contributed by atoms with Gasteiger partial charge < -0.3 is 15.6 Å². The zero-order valence-corrected chi connectivity index (χ0v) is 12.0. The first-order valence-electron chi connectivity index (χ1n) is 7.03. The number of aliphatic hydroxyl groups excluding tert-OH is 1. The molecule has 0 spiro atoms. The Hall–Kier alpha value is -1.91. The van der Waals surface area contributed by atoms with Gasteiger partial charge in [0, 0.05) is 18.0 Å². The first kappa shape index (κ1) is 15.5. The van der Waals surface area contributed by atoms with E-state index in [1.165, 1.54) is 6.07 Å². The van der Waals surface area contributed by atoms with Gasteiger partial charge in [-0.1, -0.05) is 36.4 Å². The largest absolute Gasteiger partial charge is 0.493 e. The number of para-hydroxylation sites is 1. The molecule has 2 aromatic carbocycles. The van der Waals surface area contributed by atoms with Crippen molar-refractivity contribution in [3.63, 3.8) is 0 Å². The lowest BCUT2D eigenvalue weighted by atomic mass is 9.88. The van der Waals surface area contributed by atoms with Gasteiger partial charge in [-0.2, -0.15) is 0 Å². The zero-order valence-electron chi connectivity index (χ0n) is 12.0. The summed E-state index contributed by atoms with van der Waals surface area (Å²) < 4.78 is 19.5. The van der Waals surface area contributed by atoms with Gasteiger partial charge >= 0.3 is 0 Å². The molecule has 2 unspecified atom stereocenters. The molecule has 2 rings (SSSR count). The topological polar surface area (TPSA) is 55.5 Å². The fraction of sp³-hybridized carbons (Fsp3) is 0.294. The van der Waals surface area contributed by atoms with Gasteiger partial charge in [0.25, 0.3) is 0 Å². The molecule has 0 aromatic heterocycles. The summed E-state index contributed by atoms with van der Waals surface area (Å²) in [4.78, 5) is 0. The van der Waals surface area contributed by atoms with Crippen LogP contribution < -0.4 is 10.5 Å². The minimum absolute atomic E-state index is 0.141. The van der Waals surface area contributed by atoms with Crippen LogP contribution in [0, 0.1) is 5.82 Å². The normalized spacial score (nSPS) is 13.7. The molecule has 3 nitrogen and oxygen atoms in total. The standard InChI is InChI=1S/C17H20FNO2/c1-2-21-16-10-6-4-8-13(16)17(20)14(11-19)12-7-3-5-9-15(12)18/h3-10,14,17,20H,2,11,19H2,1H3. The summed E-state index contributed by atoms with van der Waals surface area (Å²) in [6, 6.07) is 13.6. The van der Waals surface area contributed by atoms with Crippen LogP contribution >= 0.6 is 0 Å². The summed E-state index contributed by atoms with van der Waals surface area (Å²) in [5.41, 5.74) is 6.81. The molecule has 0 heterocycles. The molecule has 0 fully saturated rings. The third-order valence-electron chi connectivity index (χ3n) is 3.48. The van der Waals surface area contributed by atoms with Crippen LogP contribution in [0.3, 0.4) is 0 Å². The molecule has 0 radical (unpaired) electrons. The fourth-order valence-electron chi connectivity index (χ4n) is 2.43. The molecule has 21 heavy (non-hydrogen) atoms. The molecular weight excluding hydrogens is 269 g/mol. The third-order valence-corrected chi connectivity index (χ3v) is 3.48. The number of aliphatic hydroxyl groups is 1. The minimum Gasteiger partial charge on any atom is -0.493 e. The highest BCUT2D eigenvalue weighted by Gasteiger charge is 2.26. The van der Waals surface area contributed by atoms with Crippen LogP contribution in [0.1, 0.15) is 30.1 Å². The lowest BCUT2D eigenvalue weighted by molar-refractivity contribution is 0.141. The van der Waals surface area contributed by atoms with Crippen molar-refractivity contribution in [2.24, 2.45) is 5.73 Å². The van der Waals surface area contributed by atoms with E-state index in [1.54, 1.807) is 30.3 Å². The van der Waals surface area contributed by atoms with E-state index in [4.69, 9.17) is 10.5 Å². The molecule has 3 N–H and O–H groups in total. The molecule has 0 aliphatic rings. The Morgan fingerprint density at radius 2 is 1.71 bits per heavy atom. The van der Waals surface area contributed by atoms with E-state index in [2.05, 4.69) is 0 Å². The van der Waals surface area contributed by atoms with Gasteiger partial charge in [-0.25, -0.2) is 4.39 Å². The Labute approximate surface area is 124 Å². The van der Waals surface area contributed by atoms with Gasteiger partial charge in [0.2, 0.25) is 0 Å². The Kier molecular flexibility index (Phi) is 5.31.